The Hall–Kier alpha value is -3.27. The highest BCUT2D eigenvalue weighted by Crippen LogP contribution is 2.43. The number of carbonyl (C=O) groups is 1. The summed E-state index contributed by atoms with van der Waals surface area (Å²) in [6, 6.07) is 7.95. The van der Waals surface area contributed by atoms with Gasteiger partial charge in [0.25, 0.3) is 0 Å². The zero-order chi connectivity index (χ0) is 22.4. The Bertz CT molecular complexity index is 1160. The van der Waals surface area contributed by atoms with Crippen molar-refractivity contribution in [2.75, 3.05) is 14.2 Å². The first-order valence-corrected chi connectivity index (χ1v) is 10.9. The fraction of sp³-hybridized carbons (Fsp3) is 0.296. The quantitative estimate of drug-likeness (QED) is 0.344. The Labute approximate surface area is 184 Å². The highest BCUT2D eigenvalue weighted by Gasteiger charge is 2.26. The van der Waals surface area contributed by atoms with Crippen LogP contribution in [-0.2, 0) is 24.1 Å². The molecular weight excluding hydrogens is 386 g/mol. The van der Waals surface area contributed by atoms with E-state index in [1.807, 2.05) is 44.2 Å². The molecule has 162 valence electrons. The van der Waals surface area contributed by atoms with Gasteiger partial charge in [-0.1, -0.05) is 56.9 Å². The average molecular weight is 418 g/mol. The number of hydrogen-bond acceptors (Lipinski definition) is 3. The molecule has 0 atom stereocenters. The first kappa shape index (κ1) is 22.4. The van der Waals surface area contributed by atoms with Crippen molar-refractivity contribution in [3.8, 4) is 5.75 Å². The topological polar surface area (TPSA) is 40.5 Å². The van der Waals surface area contributed by atoms with Gasteiger partial charge in [0, 0.05) is 11.9 Å². The second-order valence-corrected chi connectivity index (χ2v) is 7.14. The molecule has 0 saturated carbocycles. The van der Waals surface area contributed by atoms with Crippen LogP contribution in [0.25, 0.3) is 21.8 Å². The number of esters is 1. The number of carbonyl (C=O) groups excluding carboxylic acids is 1. The predicted molar refractivity (Wildman–Crippen MR) is 129 cm³/mol. The van der Waals surface area contributed by atoms with E-state index in [1.54, 1.807) is 13.2 Å². The van der Waals surface area contributed by atoms with Crippen LogP contribution in [0, 0.1) is 0 Å². The van der Waals surface area contributed by atoms with Gasteiger partial charge in [-0.05, 0) is 48.6 Å². The van der Waals surface area contributed by atoms with Crippen LogP contribution < -0.4 is 4.74 Å². The molecule has 4 rings (SSSR count). The van der Waals surface area contributed by atoms with Crippen molar-refractivity contribution in [2.45, 2.75) is 39.7 Å². The maximum atomic E-state index is 12.5. The van der Waals surface area contributed by atoms with Gasteiger partial charge in [-0.3, -0.25) is 0 Å². The first-order valence-electron chi connectivity index (χ1n) is 10.9. The lowest BCUT2D eigenvalue weighted by molar-refractivity contribution is 0.0603. The van der Waals surface area contributed by atoms with Gasteiger partial charge in [0.05, 0.1) is 36.2 Å². The summed E-state index contributed by atoms with van der Waals surface area (Å²) in [7, 11) is 3.12. The molecule has 0 saturated heterocycles. The third kappa shape index (κ3) is 4.02. The summed E-state index contributed by atoms with van der Waals surface area (Å²) < 4.78 is 13.2. The molecule has 2 aromatic carbocycles. The Morgan fingerprint density at radius 2 is 1.94 bits per heavy atom. The van der Waals surface area contributed by atoms with E-state index in [9.17, 15) is 4.79 Å². The van der Waals surface area contributed by atoms with E-state index in [0.29, 0.717) is 12.1 Å². The van der Waals surface area contributed by atoms with E-state index < -0.39 is 0 Å². The molecule has 0 spiro atoms. The van der Waals surface area contributed by atoms with Crippen molar-refractivity contribution in [3.05, 3.63) is 77.9 Å². The number of methoxy groups -OCH3 is 2. The highest BCUT2D eigenvalue weighted by molar-refractivity contribution is 6.20. The van der Waals surface area contributed by atoms with Crippen LogP contribution >= 0.6 is 0 Å². The fourth-order valence-electron chi connectivity index (χ4n) is 4.40. The number of allylic oxidation sites excluding steroid dienone is 5. The molecule has 1 aromatic heterocycles. The molecule has 0 fully saturated rings. The molecule has 0 N–H and O–H groups in total. The first-order chi connectivity index (χ1) is 15.2. The summed E-state index contributed by atoms with van der Waals surface area (Å²) in [4.78, 5) is 12.5. The van der Waals surface area contributed by atoms with Crippen LogP contribution in [0.15, 0.2) is 61.2 Å². The van der Waals surface area contributed by atoms with E-state index in [2.05, 4.69) is 29.4 Å². The third-order valence-corrected chi connectivity index (χ3v) is 5.60. The minimum Gasteiger partial charge on any atom is -0.496 e. The molecule has 0 aliphatic heterocycles. The lowest BCUT2D eigenvalue weighted by Gasteiger charge is -2.11. The molecule has 4 heteroatoms. The number of aromatic nitrogens is 1. The zero-order valence-corrected chi connectivity index (χ0v) is 18.9. The molecule has 4 nitrogen and oxygen atoms in total. The number of aryl methyl sites for hydroxylation is 2. The zero-order valence-electron chi connectivity index (χ0n) is 18.9. The van der Waals surface area contributed by atoms with Crippen LogP contribution in [0.3, 0.4) is 0 Å². The van der Waals surface area contributed by atoms with Gasteiger partial charge in [-0.2, -0.15) is 0 Å². The maximum Gasteiger partial charge on any atom is 0.338 e. The molecule has 0 bridgehead atoms. The van der Waals surface area contributed by atoms with E-state index in [1.165, 1.54) is 23.8 Å². The predicted octanol–water partition coefficient (Wildman–Crippen LogP) is 6.40. The minimum absolute atomic E-state index is 0.332. The highest BCUT2D eigenvalue weighted by atomic mass is 16.5. The molecule has 1 heterocycles. The Morgan fingerprint density at radius 3 is 2.65 bits per heavy atom. The minimum atomic E-state index is -0.332. The van der Waals surface area contributed by atoms with E-state index in [-0.39, 0.29) is 5.97 Å². The number of hydrogen-bond donors (Lipinski definition) is 0. The standard InChI is InChI=1S/C25H25NO3.C2H6/c1-4-5-6-7-8-15-26-20-14-10-13-19(25(27)29-3)22(20)23-21(28-2)16-17-11-9-12-18(17)24(23)26;1-2/h4-8,10,13-14,16H,1,9,11-12,15H2,2-3H3;1-2H3/b6-5-,8-7+;. The van der Waals surface area contributed by atoms with Crippen molar-refractivity contribution in [1.82, 2.24) is 4.57 Å². The van der Waals surface area contributed by atoms with Gasteiger partial charge >= 0.3 is 5.97 Å². The second kappa shape index (κ2) is 10.2. The summed E-state index contributed by atoms with van der Waals surface area (Å²) >= 11 is 0. The molecule has 1 aliphatic rings. The Balaban J connectivity index is 0.00000132. The van der Waals surface area contributed by atoms with Crippen molar-refractivity contribution in [2.24, 2.45) is 0 Å². The second-order valence-electron chi connectivity index (χ2n) is 7.14. The smallest absolute Gasteiger partial charge is 0.338 e. The number of fused-ring (bicyclic) bond motifs is 5. The monoisotopic (exact) mass is 417 g/mol. The van der Waals surface area contributed by atoms with Gasteiger partial charge in [0.1, 0.15) is 5.75 Å². The number of rotatable bonds is 6. The van der Waals surface area contributed by atoms with Gasteiger partial charge in [0.15, 0.2) is 0 Å². The number of benzene rings is 2. The van der Waals surface area contributed by atoms with Gasteiger partial charge < -0.3 is 14.0 Å². The third-order valence-electron chi connectivity index (χ3n) is 5.60. The molecule has 1 aliphatic carbocycles. The van der Waals surface area contributed by atoms with Crippen LogP contribution in [0.1, 0.15) is 41.8 Å². The van der Waals surface area contributed by atoms with Crippen molar-refractivity contribution in [3.63, 3.8) is 0 Å². The lowest BCUT2D eigenvalue weighted by atomic mass is 10.0. The van der Waals surface area contributed by atoms with Crippen molar-refractivity contribution >= 4 is 27.8 Å². The summed E-state index contributed by atoms with van der Waals surface area (Å²) in [5.74, 6) is 0.484. The van der Waals surface area contributed by atoms with Crippen LogP contribution in [0.4, 0.5) is 0 Å². The van der Waals surface area contributed by atoms with Gasteiger partial charge in [0.2, 0.25) is 0 Å². The molecule has 0 radical (unpaired) electrons. The van der Waals surface area contributed by atoms with Crippen molar-refractivity contribution < 1.29 is 14.3 Å². The SMILES string of the molecule is C=C/C=C\C=C\Cn1c2cccc(C(=O)OC)c2c2c(OC)cc3c(c21)CCC3.CC. The molecular formula is C27H31NO3. The summed E-state index contributed by atoms with van der Waals surface area (Å²) in [5.41, 5.74) is 5.45. The Kier molecular flexibility index (Phi) is 7.35. The van der Waals surface area contributed by atoms with Gasteiger partial charge in [-0.15, -0.1) is 0 Å². The van der Waals surface area contributed by atoms with E-state index in [0.717, 1.165) is 41.3 Å². The average Bonchev–Trinajstić information content (AvgIpc) is 3.41. The lowest BCUT2D eigenvalue weighted by Crippen LogP contribution is -2.02. The molecule has 0 unspecified atom stereocenters. The fourth-order valence-corrected chi connectivity index (χ4v) is 4.40. The van der Waals surface area contributed by atoms with Crippen molar-refractivity contribution in [1.29, 1.82) is 0 Å². The summed E-state index contributed by atoms with van der Waals surface area (Å²) in [6.07, 6.45) is 13.0. The van der Waals surface area contributed by atoms with Crippen LogP contribution in [-0.4, -0.2) is 24.8 Å². The van der Waals surface area contributed by atoms with Gasteiger partial charge in [-0.25, -0.2) is 4.79 Å². The largest absolute Gasteiger partial charge is 0.496 e. The molecule has 31 heavy (non-hydrogen) atoms. The maximum absolute atomic E-state index is 12.5. The Morgan fingerprint density at radius 1 is 1.13 bits per heavy atom. The molecule has 0 amide bonds. The molecule has 3 aromatic rings. The van der Waals surface area contributed by atoms with Crippen LogP contribution in [0.5, 0.6) is 5.75 Å². The summed E-state index contributed by atoms with van der Waals surface area (Å²) in [5, 5.41) is 1.90. The number of ether oxygens (including phenoxy) is 2. The van der Waals surface area contributed by atoms with E-state index in [4.69, 9.17) is 9.47 Å². The summed E-state index contributed by atoms with van der Waals surface area (Å²) in [6.45, 7) is 8.40. The van der Waals surface area contributed by atoms with E-state index >= 15 is 0 Å². The number of nitrogens with zero attached hydrogens (tertiary/aromatic N) is 1. The van der Waals surface area contributed by atoms with Crippen LogP contribution in [0.2, 0.25) is 0 Å². The normalized spacial score (nSPS) is 12.9.